The summed E-state index contributed by atoms with van der Waals surface area (Å²) in [5, 5.41) is 16.4. The number of carbonyl (C=O) groups is 1. The zero-order valence-electron chi connectivity index (χ0n) is 10.3. The van der Waals surface area contributed by atoms with Crippen molar-refractivity contribution >= 4 is 11.7 Å². The quantitative estimate of drug-likeness (QED) is 0.859. The molecule has 6 heteroatoms. The molecule has 0 aromatic heterocycles. The second kappa shape index (κ2) is 6.01. The van der Waals surface area contributed by atoms with Crippen LogP contribution in [0.25, 0.3) is 0 Å². The maximum atomic E-state index is 12.9. The molecule has 0 saturated carbocycles. The van der Waals surface area contributed by atoms with Crippen molar-refractivity contribution in [2.75, 3.05) is 0 Å². The van der Waals surface area contributed by atoms with E-state index in [9.17, 15) is 13.6 Å². The molecule has 0 aliphatic heterocycles. The van der Waals surface area contributed by atoms with Crippen LogP contribution >= 0.6 is 0 Å². The normalized spacial score (nSPS) is 10.9. The second-order valence-electron chi connectivity index (χ2n) is 4.00. The van der Waals surface area contributed by atoms with E-state index in [0.717, 1.165) is 12.1 Å². The molecule has 2 aromatic carbocycles. The predicted octanol–water partition coefficient (Wildman–Crippen LogP) is 3.95. The number of nitrogens with zero attached hydrogens (tertiary/aromatic N) is 2. The second-order valence-corrected chi connectivity index (χ2v) is 4.00. The Morgan fingerprint density at radius 1 is 1.05 bits per heavy atom. The monoisotopic (exact) mass is 276 g/mol. The Morgan fingerprint density at radius 2 is 1.75 bits per heavy atom. The van der Waals surface area contributed by atoms with Crippen molar-refractivity contribution < 1.29 is 18.7 Å². The minimum Gasteiger partial charge on any atom is -0.478 e. The van der Waals surface area contributed by atoms with Crippen molar-refractivity contribution in [2.24, 2.45) is 10.2 Å². The van der Waals surface area contributed by atoms with Gasteiger partial charge in [0.1, 0.15) is 0 Å². The largest absolute Gasteiger partial charge is 0.478 e. The van der Waals surface area contributed by atoms with Crippen LogP contribution in [0.2, 0.25) is 0 Å². The molecule has 0 bridgehead atoms. The van der Waals surface area contributed by atoms with Gasteiger partial charge in [0.2, 0.25) is 0 Å². The van der Waals surface area contributed by atoms with Crippen LogP contribution in [0.5, 0.6) is 0 Å². The summed E-state index contributed by atoms with van der Waals surface area (Å²) in [6.45, 7) is 0.109. The van der Waals surface area contributed by atoms with Crippen molar-refractivity contribution in [2.45, 2.75) is 6.54 Å². The summed E-state index contributed by atoms with van der Waals surface area (Å²) in [4.78, 5) is 10.7. The summed E-state index contributed by atoms with van der Waals surface area (Å²) in [6, 6.07) is 9.35. The van der Waals surface area contributed by atoms with Gasteiger partial charge in [-0.3, -0.25) is 0 Å². The maximum Gasteiger partial charge on any atom is 0.335 e. The molecule has 0 heterocycles. The van der Waals surface area contributed by atoms with E-state index in [1.807, 2.05) is 0 Å². The molecule has 0 amide bonds. The van der Waals surface area contributed by atoms with E-state index in [0.29, 0.717) is 11.3 Å². The van der Waals surface area contributed by atoms with Crippen LogP contribution in [0.15, 0.2) is 52.7 Å². The lowest BCUT2D eigenvalue weighted by molar-refractivity contribution is 0.0697. The number of hydrogen-bond acceptors (Lipinski definition) is 3. The van der Waals surface area contributed by atoms with Crippen LogP contribution in [-0.4, -0.2) is 11.1 Å². The minimum atomic E-state index is -1.02. The molecule has 0 aliphatic rings. The van der Waals surface area contributed by atoms with Crippen molar-refractivity contribution in [1.29, 1.82) is 0 Å². The number of aromatic carboxylic acids is 1. The summed E-state index contributed by atoms with van der Waals surface area (Å²) in [5.74, 6) is -2.85. The summed E-state index contributed by atoms with van der Waals surface area (Å²) >= 11 is 0. The number of carboxylic acids is 1. The lowest BCUT2D eigenvalue weighted by atomic mass is 10.2. The van der Waals surface area contributed by atoms with E-state index in [-0.39, 0.29) is 12.1 Å². The fraction of sp³-hybridized carbons (Fsp3) is 0.0714. The summed E-state index contributed by atoms with van der Waals surface area (Å²) < 4.78 is 25.7. The van der Waals surface area contributed by atoms with Gasteiger partial charge in [0.05, 0.1) is 17.8 Å². The molecular formula is C14H10F2N2O2. The van der Waals surface area contributed by atoms with Gasteiger partial charge in [-0.15, -0.1) is 0 Å². The molecule has 0 spiro atoms. The number of hydrogen-bond donors (Lipinski definition) is 1. The first-order chi connectivity index (χ1) is 9.56. The van der Waals surface area contributed by atoms with Crippen LogP contribution in [0.1, 0.15) is 15.9 Å². The first kappa shape index (κ1) is 13.8. The van der Waals surface area contributed by atoms with Crippen LogP contribution in [0, 0.1) is 11.6 Å². The van der Waals surface area contributed by atoms with Crippen LogP contribution in [0.3, 0.4) is 0 Å². The van der Waals surface area contributed by atoms with Gasteiger partial charge in [-0.1, -0.05) is 6.07 Å². The lowest BCUT2D eigenvalue weighted by Crippen LogP contribution is -1.94. The Morgan fingerprint density at radius 3 is 2.35 bits per heavy atom. The van der Waals surface area contributed by atoms with Gasteiger partial charge in [-0.05, 0) is 42.0 Å². The highest BCUT2D eigenvalue weighted by molar-refractivity contribution is 5.87. The number of azo groups is 1. The van der Waals surface area contributed by atoms with Crippen molar-refractivity contribution in [3.8, 4) is 0 Å². The summed E-state index contributed by atoms with van der Waals surface area (Å²) in [7, 11) is 0. The van der Waals surface area contributed by atoms with E-state index >= 15 is 0 Å². The van der Waals surface area contributed by atoms with E-state index in [1.54, 1.807) is 0 Å². The smallest absolute Gasteiger partial charge is 0.335 e. The molecule has 102 valence electrons. The third-order valence-corrected chi connectivity index (χ3v) is 2.54. The maximum absolute atomic E-state index is 12.9. The first-order valence-electron chi connectivity index (χ1n) is 5.71. The minimum absolute atomic E-state index is 0.109. The number of halogens is 2. The Labute approximate surface area is 113 Å². The van der Waals surface area contributed by atoms with Crippen molar-refractivity contribution in [1.82, 2.24) is 0 Å². The van der Waals surface area contributed by atoms with Gasteiger partial charge in [-0.2, -0.15) is 10.2 Å². The zero-order chi connectivity index (χ0) is 14.5. The Kier molecular flexibility index (Phi) is 4.14. The molecule has 0 saturated heterocycles. The van der Waals surface area contributed by atoms with Gasteiger partial charge in [-0.25, -0.2) is 13.6 Å². The van der Waals surface area contributed by atoms with Gasteiger partial charge < -0.3 is 5.11 Å². The fourth-order valence-corrected chi connectivity index (χ4v) is 1.51. The topological polar surface area (TPSA) is 62.0 Å². The van der Waals surface area contributed by atoms with Crippen molar-refractivity contribution in [3.05, 3.63) is 65.2 Å². The average molecular weight is 276 g/mol. The van der Waals surface area contributed by atoms with E-state index in [4.69, 9.17) is 5.11 Å². The molecule has 0 atom stereocenters. The van der Waals surface area contributed by atoms with Gasteiger partial charge in [0, 0.05) is 0 Å². The Bertz CT molecular complexity index is 655. The Balaban J connectivity index is 2.02. The van der Waals surface area contributed by atoms with Crippen molar-refractivity contribution in [3.63, 3.8) is 0 Å². The predicted molar refractivity (Wildman–Crippen MR) is 68.0 cm³/mol. The molecule has 4 nitrogen and oxygen atoms in total. The molecule has 0 fully saturated rings. The number of benzene rings is 2. The summed E-state index contributed by atoms with van der Waals surface area (Å²) in [5.41, 5.74) is 1.14. The highest BCUT2D eigenvalue weighted by Gasteiger charge is 2.02. The van der Waals surface area contributed by atoms with E-state index < -0.39 is 17.6 Å². The third kappa shape index (κ3) is 3.44. The van der Waals surface area contributed by atoms with Gasteiger partial charge in [0.15, 0.2) is 11.6 Å². The molecular weight excluding hydrogens is 266 g/mol. The molecule has 1 N–H and O–H groups in total. The third-order valence-electron chi connectivity index (χ3n) is 2.54. The van der Waals surface area contributed by atoms with E-state index in [1.165, 1.54) is 30.3 Å². The van der Waals surface area contributed by atoms with Gasteiger partial charge in [0.25, 0.3) is 0 Å². The molecule has 2 rings (SSSR count). The molecule has 20 heavy (non-hydrogen) atoms. The molecule has 0 radical (unpaired) electrons. The standard InChI is InChI=1S/C14H10F2N2O2/c15-12-6-1-9(7-13(12)16)8-17-18-11-4-2-10(3-5-11)14(19)20/h1-7H,8H2,(H,19,20). The average Bonchev–Trinajstić information content (AvgIpc) is 2.43. The van der Waals surface area contributed by atoms with Gasteiger partial charge >= 0.3 is 5.97 Å². The summed E-state index contributed by atoms with van der Waals surface area (Å²) in [6.07, 6.45) is 0. The van der Waals surface area contributed by atoms with Crippen LogP contribution < -0.4 is 0 Å². The molecule has 0 aliphatic carbocycles. The highest BCUT2D eigenvalue weighted by Crippen LogP contribution is 2.15. The highest BCUT2D eigenvalue weighted by atomic mass is 19.2. The Hall–Kier alpha value is -2.63. The molecule has 2 aromatic rings. The zero-order valence-corrected chi connectivity index (χ0v) is 10.3. The first-order valence-corrected chi connectivity index (χ1v) is 5.71. The molecule has 0 unspecified atom stereocenters. The van der Waals surface area contributed by atoms with Crippen LogP contribution in [0.4, 0.5) is 14.5 Å². The number of rotatable bonds is 4. The number of carboxylic acid groups (broad SMARTS) is 1. The SMILES string of the molecule is O=C(O)c1ccc(N=NCc2ccc(F)c(F)c2)cc1. The lowest BCUT2D eigenvalue weighted by Gasteiger charge is -1.98. The fourth-order valence-electron chi connectivity index (χ4n) is 1.51. The van der Waals surface area contributed by atoms with E-state index in [2.05, 4.69) is 10.2 Å². The van der Waals surface area contributed by atoms with Crippen LogP contribution in [-0.2, 0) is 6.54 Å².